The first-order chi connectivity index (χ1) is 29.2. The van der Waals surface area contributed by atoms with Crippen LogP contribution < -0.4 is 4.90 Å². The molecule has 0 aliphatic heterocycles. The fourth-order valence-corrected chi connectivity index (χ4v) is 11.1. The van der Waals surface area contributed by atoms with Gasteiger partial charge in [-0.3, -0.25) is 0 Å². The minimum Gasteiger partial charge on any atom is -0.313 e. The van der Waals surface area contributed by atoms with Crippen molar-refractivity contribution in [2.45, 2.75) is 6.42 Å². The van der Waals surface area contributed by atoms with Crippen LogP contribution in [0.5, 0.6) is 0 Å². The van der Waals surface area contributed by atoms with Crippen molar-refractivity contribution >= 4 is 71.1 Å². The van der Waals surface area contributed by atoms with Gasteiger partial charge in [-0.1, -0.05) is 146 Å². The predicted octanol–water partition coefficient (Wildman–Crippen LogP) is 15.1. The first-order valence-corrected chi connectivity index (χ1v) is 21.5. The van der Waals surface area contributed by atoms with Crippen molar-refractivity contribution in [3.05, 3.63) is 229 Å². The Balaban J connectivity index is 0.979. The zero-order valence-electron chi connectivity index (χ0n) is 32.4. The Hall–Kier alpha value is -6.94. The van der Waals surface area contributed by atoms with Crippen LogP contribution in [0.1, 0.15) is 16.8 Å². The molecule has 6 aromatic carbocycles. The first-order valence-electron chi connectivity index (χ1n) is 20.7. The second-order valence-electron chi connectivity index (χ2n) is 16.0. The minimum atomic E-state index is 0.373. The molecule has 0 saturated carbocycles. The van der Waals surface area contributed by atoms with Gasteiger partial charge >= 0.3 is 0 Å². The lowest BCUT2D eigenvalue weighted by molar-refractivity contribution is 0.678. The van der Waals surface area contributed by atoms with Gasteiger partial charge in [0.25, 0.3) is 0 Å². The summed E-state index contributed by atoms with van der Waals surface area (Å²) >= 11 is 1.90. The van der Waals surface area contributed by atoms with E-state index in [0.29, 0.717) is 17.8 Å². The van der Waals surface area contributed by atoms with Crippen molar-refractivity contribution in [1.29, 1.82) is 0 Å². The van der Waals surface area contributed by atoms with Crippen LogP contribution in [0.3, 0.4) is 0 Å². The van der Waals surface area contributed by atoms with Crippen molar-refractivity contribution in [3.63, 3.8) is 0 Å². The van der Waals surface area contributed by atoms with E-state index < -0.39 is 0 Å². The molecule has 0 spiro atoms. The van der Waals surface area contributed by atoms with Crippen LogP contribution in [0.15, 0.2) is 212 Å². The zero-order chi connectivity index (χ0) is 38.9. The SMILES string of the molecule is C1=CC2=Cc3c(n(-c4cc(-c5ccc(N(c6ccccc6)c6ccc(C7=CC=CC8C=CC=CC78)cc6)cc5)c5sc6ccccc6c5c4)c4ccccc34)CC2C=C1. The third-order valence-electron chi connectivity index (χ3n) is 12.7. The molecule has 0 amide bonds. The molecule has 0 radical (unpaired) electrons. The van der Waals surface area contributed by atoms with Gasteiger partial charge in [0.05, 0.1) is 5.52 Å². The third kappa shape index (κ3) is 5.68. The number of nitrogens with zero attached hydrogens (tertiary/aromatic N) is 2. The Morgan fingerprint density at radius 1 is 0.576 bits per heavy atom. The summed E-state index contributed by atoms with van der Waals surface area (Å²) in [4.78, 5) is 2.37. The van der Waals surface area contributed by atoms with Crippen LogP contribution in [-0.2, 0) is 6.42 Å². The van der Waals surface area contributed by atoms with Crippen molar-refractivity contribution < 1.29 is 0 Å². The maximum atomic E-state index is 2.55. The molecule has 3 unspecified atom stereocenters. The van der Waals surface area contributed by atoms with Crippen LogP contribution in [-0.4, -0.2) is 4.57 Å². The molecular weight excluding hydrogens is 733 g/mol. The number of allylic oxidation sites excluding steroid dienone is 13. The molecule has 59 heavy (non-hydrogen) atoms. The number of rotatable bonds is 6. The molecule has 0 bridgehead atoms. The lowest BCUT2D eigenvalue weighted by Gasteiger charge is -2.28. The van der Waals surface area contributed by atoms with Crippen molar-refractivity contribution in [3.8, 4) is 16.8 Å². The Morgan fingerprint density at radius 2 is 1.27 bits per heavy atom. The van der Waals surface area contributed by atoms with E-state index in [-0.39, 0.29) is 0 Å². The molecule has 4 aliphatic carbocycles. The maximum absolute atomic E-state index is 2.55. The van der Waals surface area contributed by atoms with E-state index in [2.05, 4.69) is 222 Å². The maximum Gasteiger partial charge on any atom is 0.0537 e. The Bertz CT molecular complexity index is 3180. The number of aromatic nitrogens is 1. The topological polar surface area (TPSA) is 8.17 Å². The van der Waals surface area contributed by atoms with Gasteiger partial charge in [-0.15, -0.1) is 11.3 Å². The smallest absolute Gasteiger partial charge is 0.0537 e. The van der Waals surface area contributed by atoms with E-state index in [1.165, 1.54) is 75.9 Å². The van der Waals surface area contributed by atoms with Gasteiger partial charge in [0.2, 0.25) is 0 Å². The van der Waals surface area contributed by atoms with Gasteiger partial charge in [-0.25, -0.2) is 0 Å². The van der Waals surface area contributed by atoms with Crippen molar-refractivity contribution in [1.82, 2.24) is 4.57 Å². The van der Waals surface area contributed by atoms with Crippen LogP contribution in [0, 0.1) is 17.8 Å². The highest BCUT2D eigenvalue weighted by atomic mass is 32.1. The Labute approximate surface area is 348 Å². The van der Waals surface area contributed by atoms with E-state index in [1.807, 2.05) is 11.3 Å². The summed E-state index contributed by atoms with van der Waals surface area (Å²) in [5, 5.41) is 3.93. The number of thiophene rings is 1. The molecule has 3 atom stereocenters. The second kappa shape index (κ2) is 13.9. The molecule has 2 nitrogen and oxygen atoms in total. The second-order valence-corrected chi connectivity index (χ2v) is 17.1. The molecule has 0 fully saturated rings. The average Bonchev–Trinajstić information content (AvgIpc) is 3.84. The summed E-state index contributed by atoms with van der Waals surface area (Å²) < 4.78 is 5.19. The molecule has 12 rings (SSSR count). The number of para-hydroxylation sites is 2. The summed E-state index contributed by atoms with van der Waals surface area (Å²) in [7, 11) is 0. The lowest BCUT2D eigenvalue weighted by Crippen LogP contribution is -2.15. The monoisotopic (exact) mass is 772 g/mol. The first kappa shape index (κ1) is 34.1. The average molecular weight is 773 g/mol. The molecule has 8 aromatic rings. The van der Waals surface area contributed by atoms with E-state index in [0.717, 1.165) is 23.5 Å². The van der Waals surface area contributed by atoms with Crippen LogP contribution in [0.2, 0.25) is 0 Å². The molecule has 2 heterocycles. The zero-order valence-corrected chi connectivity index (χ0v) is 33.3. The highest BCUT2D eigenvalue weighted by Crippen LogP contribution is 2.46. The highest BCUT2D eigenvalue weighted by Gasteiger charge is 2.27. The molecule has 4 aliphatic rings. The van der Waals surface area contributed by atoms with E-state index >= 15 is 0 Å². The molecule has 2 aromatic heterocycles. The van der Waals surface area contributed by atoms with E-state index in [4.69, 9.17) is 0 Å². The van der Waals surface area contributed by atoms with Gasteiger partial charge in [0.1, 0.15) is 0 Å². The van der Waals surface area contributed by atoms with Gasteiger partial charge < -0.3 is 9.47 Å². The summed E-state index contributed by atoms with van der Waals surface area (Å²) in [6.07, 6.45) is 28.2. The number of hydrogen-bond acceptors (Lipinski definition) is 2. The Kier molecular flexibility index (Phi) is 8.02. The normalized spacial score (nSPS) is 18.8. The van der Waals surface area contributed by atoms with E-state index in [1.54, 1.807) is 0 Å². The minimum absolute atomic E-state index is 0.373. The van der Waals surface area contributed by atoms with Crippen molar-refractivity contribution in [2.75, 3.05) is 4.90 Å². The number of hydrogen-bond donors (Lipinski definition) is 0. The van der Waals surface area contributed by atoms with Gasteiger partial charge in [-0.05, 0) is 95.4 Å². The van der Waals surface area contributed by atoms with E-state index in [9.17, 15) is 0 Å². The summed E-state index contributed by atoms with van der Waals surface area (Å²) in [6, 6.07) is 51.8. The summed E-state index contributed by atoms with van der Waals surface area (Å²) in [5.74, 6) is 1.17. The molecule has 0 N–H and O–H groups in total. The number of fused-ring (bicyclic) bond motifs is 8. The number of benzene rings is 6. The fraction of sp³-hybridized carbons (Fsp3) is 0.0714. The molecule has 3 heteroatoms. The van der Waals surface area contributed by atoms with Gasteiger partial charge in [0.15, 0.2) is 0 Å². The molecule has 280 valence electrons. The van der Waals surface area contributed by atoms with Gasteiger partial charge in [-0.2, -0.15) is 0 Å². The Morgan fingerprint density at radius 3 is 2.12 bits per heavy atom. The molecule has 0 saturated heterocycles. The van der Waals surface area contributed by atoms with Crippen LogP contribution in [0.4, 0.5) is 17.1 Å². The number of anilines is 3. The lowest BCUT2D eigenvalue weighted by atomic mass is 9.77. The standard InChI is InChI=1S/C56H40N2S/c1-2-17-42(18-3-1)57(43-29-25-38(26-30-43)47-22-12-16-37-13-6-7-19-46(37)47)44-31-27-39(28-32-44)50-35-45(36-52-49-21-9-11-24-55(49)59-56(50)52)58-53-23-10-8-20-48(53)51-33-40-14-4-5-15-41(40)34-54(51)58/h1-33,35-37,41,46H,34H2. The largest absolute Gasteiger partial charge is 0.313 e. The third-order valence-corrected chi connectivity index (χ3v) is 13.9. The highest BCUT2D eigenvalue weighted by molar-refractivity contribution is 7.26. The summed E-state index contributed by atoms with van der Waals surface area (Å²) in [5.41, 5.74) is 15.1. The van der Waals surface area contributed by atoms with Crippen molar-refractivity contribution in [2.24, 2.45) is 17.8 Å². The van der Waals surface area contributed by atoms with Crippen LogP contribution >= 0.6 is 11.3 Å². The molecular formula is C56H40N2S. The quantitative estimate of drug-likeness (QED) is 0.163. The summed E-state index contributed by atoms with van der Waals surface area (Å²) in [6.45, 7) is 0. The van der Waals surface area contributed by atoms with Gasteiger partial charge in [0, 0.05) is 82.9 Å². The predicted molar refractivity (Wildman–Crippen MR) is 252 cm³/mol. The fourth-order valence-electron chi connectivity index (χ4n) is 9.87. The van der Waals surface area contributed by atoms with Crippen LogP contribution in [0.25, 0.3) is 59.5 Å².